The van der Waals surface area contributed by atoms with E-state index >= 15 is 0 Å². The summed E-state index contributed by atoms with van der Waals surface area (Å²) in [5.74, 6) is -0.953. The molecule has 156 valence electrons. The number of ether oxygens (including phenoxy) is 2. The van der Waals surface area contributed by atoms with Gasteiger partial charge in [0.15, 0.2) is 13.2 Å². The number of aryl methyl sites for hydroxylation is 1. The molecule has 8 nitrogen and oxygen atoms in total. The smallest absolute Gasteiger partial charge is 0.344 e. The third-order valence-electron chi connectivity index (χ3n) is 3.75. The van der Waals surface area contributed by atoms with Gasteiger partial charge < -0.3 is 14.8 Å². The summed E-state index contributed by atoms with van der Waals surface area (Å²) in [6, 6.07) is 11.0. The zero-order valence-corrected chi connectivity index (χ0v) is 17.7. The lowest BCUT2D eigenvalue weighted by atomic mass is 10.2. The van der Waals surface area contributed by atoms with Crippen molar-refractivity contribution in [3.05, 3.63) is 53.1 Å². The van der Waals surface area contributed by atoms with E-state index in [-0.39, 0.29) is 17.2 Å². The molecule has 0 aliphatic rings. The van der Waals surface area contributed by atoms with Crippen LogP contribution in [-0.4, -0.2) is 51.9 Å². The summed E-state index contributed by atoms with van der Waals surface area (Å²) < 4.78 is 35.8. The Morgan fingerprint density at radius 2 is 1.83 bits per heavy atom. The number of nitrogens with one attached hydrogen (secondary N) is 1. The third kappa shape index (κ3) is 6.45. The fraction of sp³-hybridized carbons (Fsp3) is 0.263. The van der Waals surface area contributed by atoms with Crippen molar-refractivity contribution < 1.29 is 27.5 Å². The van der Waals surface area contributed by atoms with E-state index in [0.29, 0.717) is 16.3 Å². The monoisotopic (exact) mass is 440 g/mol. The predicted molar refractivity (Wildman–Crippen MR) is 109 cm³/mol. The van der Waals surface area contributed by atoms with Crippen molar-refractivity contribution in [1.29, 1.82) is 0 Å². The second-order valence-corrected chi connectivity index (χ2v) is 8.78. The maximum atomic E-state index is 12.3. The SMILES string of the molecule is Cc1ccc(NC(=O)COC(=O)COc2cccc(Cl)c2)cc1S(=O)(=O)N(C)C. The molecule has 2 aromatic carbocycles. The Labute approximate surface area is 174 Å². The lowest BCUT2D eigenvalue weighted by molar-refractivity contribution is -0.149. The Hall–Kier alpha value is -2.62. The van der Waals surface area contributed by atoms with Gasteiger partial charge in [-0.1, -0.05) is 23.7 Å². The van der Waals surface area contributed by atoms with Crippen LogP contribution in [0, 0.1) is 6.92 Å². The van der Waals surface area contributed by atoms with Gasteiger partial charge in [-0.3, -0.25) is 4.79 Å². The first-order valence-corrected chi connectivity index (χ1v) is 10.3. The van der Waals surface area contributed by atoms with Gasteiger partial charge in [-0.2, -0.15) is 0 Å². The van der Waals surface area contributed by atoms with Crippen molar-refractivity contribution in [2.24, 2.45) is 0 Å². The minimum absolute atomic E-state index is 0.0761. The molecule has 0 unspecified atom stereocenters. The highest BCUT2D eigenvalue weighted by atomic mass is 35.5. The standard InChI is InChI=1S/C19H21ClN2O6S/c1-13-7-8-15(10-17(13)29(25,26)22(2)3)21-18(23)11-28-19(24)12-27-16-6-4-5-14(20)9-16/h4-10H,11-12H2,1-3H3,(H,21,23). The quantitative estimate of drug-likeness (QED) is 0.632. The Bertz CT molecular complexity index is 1010. The van der Waals surface area contributed by atoms with E-state index < -0.39 is 28.5 Å². The summed E-state index contributed by atoms with van der Waals surface area (Å²) in [5.41, 5.74) is 0.813. The van der Waals surface area contributed by atoms with Crippen molar-refractivity contribution in [2.75, 3.05) is 32.6 Å². The molecular formula is C19H21ClN2O6S. The zero-order valence-electron chi connectivity index (χ0n) is 16.1. The second-order valence-electron chi connectivity index (χ2n) is 6.22. The Kier molecular flexibility index (Phi) is 7.60. The first-order valence-electron chi connectivity index (χ1n) is 8.46. The normalized spacial score (nSPS) is 11.2. The van der Waals surface area contributed by atoms with Gasteiger partial charge in [-0.15, -0.1) is 0 Å². The molecule has 0 spiro atoms. The third-order valence-corrected chi connectivity index (χ3v) is 5.94. The lowest BCUT2D eigenvalue weighted by Gasteiger charge is -2.15. The Morgan fingerprint density at radius 3 is 2.48 bits per heavy atom. The zero-order chi connectivity index (χ0) is 21.6. The molecule has 0 atom stereocenters. The molecule has 0 aromatic heterocycles. The molecule has 10 heteroatoms. The number of amides is 1. The van der Waals surface area contributed by atoms with Crippen LogP contribution in [0.2, 0.25) is 5.02 Å². The van der Waals surface area contributed by atoms with Crippen molar-refractivity contribution in [3.8, 4) is 5.75 Å². The van der Waals surface area contributed by atoms with E-state index in [1.807, 2.05) is 0 Å². The molecule has 1 N–H and O–H groups in total. The van der Waals surface area contributed by atoms with Crippen LogP contribution in [0.5, 0.6) is 5.75 Å². The number of carbonyl (C=O) groups excluding carboxylic acids is 2. The Balaban J connectivity index is 1.90. The number of hydrogen-bond acceptors (Lipinski definition) is 6. The van der Waals surface area contributed by atoms with Gasteiger partial charge in [0.1, 0.15) is 5.75 Å². The van der Waals surface area contributed by atoms with Gasteiger partial charge in [-0.25, -0.2) is 17.5 Å². The summed E-state index contributed by atoms with van der Waals surface area (Å²) >= 11 is 5.82. The molecule has 0 fully saturated rings. The van der Waals surface area contributed by atoms with Gasteiger partial charge in [0.25, 0.3) is 5.91 Å². The van der Waals surface area contributed by atoms with Crippen molar-refractivity contribution >= 4 is 39.2 Å². The highest BCUT2D eigenvalue weighted by molar-refractivity contribution is 7.89. The molecule has 0 heterocycles. The number of esters is 1. The summed E-state index contributed by atoms with van der Waals surface area (Å²) in [6.45, 7) is 0.731. The van der Waals surface area contributed by atoms with Crippen LogP contribution < -0.4 is 10.1 Å². The largest absolute Gasteiger partial charge is 0.482 e. The minimum atomic E-state index is -3.66. The van der Waals surface area contributed by atoms with Gasteiger partial charge >= 0.3 is 5.97 Å². The van der Waals surface area contributed by atoms with E-state index in [0.717, 1.165) is 4.31 Å². The fourth-order valence-electron chi connectivity index (χ4n) is 2.24. The van der Waals surface area contributed by atoms with Crippen LogP contribution in [0.4, 0.5) is 5.69 Å². The number of benzene rings is 2. The topological polar surface area (TPSA) is 102 Å². The highest BCUT2D eigenvalue weighted by Crippen LogP contribution is 2.22. The second kappa shape index (κ2) is 9.73. The van der Waals surface area contributed by atoms with Crippen molar-refractivity contribution in [2.45, 2.75) is 11.8 Å². The van der Waals surface area contributed by atoms with E-state index in [9.17, 15) is 18.0 Å². The molecule has 29 heavy (non-hydrogen) atoms. The van der Waals surface area contributed by atoms with Crippen LogP contribution in [0.3, 0.4) is 0 Å². The maximum Gasteiger partial charge on any atom is 0.344 e. The van der Waals surface area contributed by atoms with Gasteiger partial charge in [0, 0.05) is 24.8 Å². The molecule has 0 bridgehead atoms. The van der Waals surface area contributed by atoms with Gasteiger partial charge in [0.05, 0.1) is 4.90 Å². The van der Waals surface area contributed by atoms with Crippen molar-refractivity contribution in [3.63, 3.8) is 0 Å². The molecule has 2 aromatic rings. The number of carbonyl (C=O) groups is 2. The van der Waals surface area contributed by atoms with Crippen LogP contribution in [0.15, 0.2) is 47.4 Å². The van der Waals surface area contributed by atoms with Crippen molar-refractivity contribution in [1.82, 2.24) is 4.31 Å². The number of hydrogen-bond donors (Lipinski definition) is 1. The minimum Gasteiger partial charge on any atom is -0.482 e. The Morgan fingerprint density at radius 1 is 1.10 bits per heavy atom. The number of halogens is 1. The number of anilines is 1. The molecule has 0 saturated carbocycles. The van der Waals surface area contributed by atoms with Crippen LogP contribution in [0.1, 0.15) is 5.56 Å². The summed E-state index contributed by atoms with van der Waals surface area (Å²) in [4.78, 5) is 23.8. The van der Waals surface area contributed by atoms with E-state index in [2.05, 4.69) is 5.32 Å². The fourth-order valence-corrected chi connectivity index (χ4v) is 3.56. The summed E-state index contributed by atoms with van der Waals surface area (Å²) in [6.07, 6.45) is 0. The molecular weight excluding hydrogens is 420 g/mol. The summed E-state index contributed by atoms with van der Waals surface area (Å²) in [5, 5.41) is 2.96. The van der Waals surface area contributed by atoms with E-state index in [1.54, 1.807) is 37.3 Å². The average Bonchev–Trinajstić information content (AvgIpc) is 2.66. The molecule has 1 amide bonds. The average molecular weight is 441 g/mol. The maximum absolute atomic E-state index is 12.3. The number of nitrogens with zero attached hydrogens (tertiary/aromatic N) is 1. The van der Waals surface area contributed by atoms with Crippen LogP contribution >= 0.6 is 11.6 Å². The number of sulfonamides is 1. The molecule has 0 aliphatic heterocycles. The van der Waals surface area contributed by atoms with Gasteiger partial charge in [0.2, 0.25) is 10.0 Å². The first-order chi connectivity index (χ1) is 13.6. The van der Waals surface area contributed by atoms with E-state index in [1.165, 1.54) is 26.2 Å². The summed E-state index contributed by atoms with van der Waals surface area (Å²) in [7, 11) is -0.815. The van der Waals surface area contributed by atoms with Gasteiger partial charge in [-0.05, 0) is 42.8 Å². The van der Waals surface area contributed by atoms with Crippen LogP contribution in [0.25, 0.3) is 0 Å². The molecule has 0 radical (unpaired) electrons. The predicted octanol–water partition coefficient (Wildman–Crippen LogP) is 2.46. The molecule has 0 saturated heterocycles. The first kappa shape index (κ1) is 22.7. The lowest BCUT2D eigenvalue weighted by Crippen LogP contribution is -2.25. The molecule has 0 aliphatic carbocycles. The van der Waals surface area contributed by atoms with E-state index in [4.69, 9.17) is 21.1 Å². The van der Waals surface area contributed by atoms with Crippen LogP contribution in [-0.2, 0) is 24.3 Å². The molecule has 2 rings (SSSR count). The highest BCUT2D eigenvalue weighted by Gasteiger charge is 2.20. The number of rotatable bonds is 8.